The van der Waals surface area contributed by atoms with Crippen LogP contribution in [-0.4, -0.2) is 26.5 Å². The minimum atomic E-state index is -0.769. The van der Waals surface area contributed by atoms with Crippen LogP contribution in [0.1, 0.15) is 5.56 Å². The molecule has 0 aliphatic carbocycles. The van der Waals surface area contributed by atoms with Crippen molar-refractivity contribution in [1.29, 1.82) is 0 Å². The molecule has 0 fully saturated rings. The second-order valence-corrected chi connectivity index (χ2v) is 7.79. The van der Waals surface area contributed by atoms with Gasteiger partial charge in [0.1, 0.15) is 0 Å². The van der Waals surface area contributed by atoms with Crippen LogP contribution in [0, 0.1) is 5.82 Å². The van der Waals surface area contributed by atoms with Crippen LogP contribution < -0.4 is 19.6 Å². The number of imidazole rings is 1. The third kappa shape index (κ3) is 3.47. The van der Waals surface area contributed by atoms with Crippen molar-refractivity contribution in [3.63, 3.8) is 0 Å². The second kappa shape index (κ2) is 7.60. The largest absolute Gasteiger partial charge is 0.493 e. The molecular formula is C21H12ClFN4O3S. The first-order valence-corrected chi connectivity index (χ1v) is 10.2. The molecule has 3 aromatic heterocycles. The molecule has 0 aliphatic heterocycles. The molecule has 0 atom stereocenters. The van der Waals surface area contributed by atoms with Crippen LogP contribution in [0.4, 0.5) is 4.39 Å². The molecule has 0 bridgehead atoms. The molecule has 7 nitrogen and oxygen atoms in total. The van der Waals surface area contributed by atoms with Crippen LogP contribution in [0.3, 0.4) is 0 Å². The number of methoxy groups -OCH3 is 1. The van der Waals surface area contributed by atoms with Gasteiger partial charge in [0.15, 0.2) is 16.5 Å². The Kier molecular flexibility index (Phi) is 4.76. The number of hydrogen-bond donors (Lipinski definition) is 0. The van der Waals surface area contributed by atoms with Crippen molar-refractivity contribution in [1.82, 2.24) is 19.4 Å². The topological polar surface area (TPSA) is 78.6 Å². The number of ether oxygens (including phenoxy) is 2. The smallest absolute Gasteiger partial charge is 0.274 e. The Morgan fingerprint density at radius 3 is 2.84 bits per heavy atom. The highest BCUT2D eigenvalue weighted by Gasteiger charge is 2.14. The van der Waals surface area contributed by atoms with E-state index in [9.17, 15) is 9.18 Å². The van der Waals surface area contributed by atoms with E-state index in [0.717, 1.165) is 17.2 Å². The van der Waals surface area contributed by atoms with E-state index in [1.165, 1.54) is 18.4 Å². The Labute approximate surface area is 183 Å². The van der Waals surface area contributed by atoms with Gasteiger partial charge in [0.2, 0.25) is 11.1 Å². The van der Waals surface area contributed by atoms with Gasteiger partial charge in [-0.1, -0.05) is 29.5 Å². The van der Waals surface area contributed by atoms with Gasteiger partial charge in [-0.2, -0.15) is 9.37 Å². The fourth-order valence-corrected chi connectivity index (χ4v) is 4.25. The Bertz CT molecular complexity index is 1570. The molecule has 0 radical (unpaired) electrons. The third-order valence-corrected chi connectivity index (χ3v) is 5.67. The Morgan fingerprint density at radius 2 is 2.00 bits per heavy atom. The number of rotatable bonds is 4. The molecular weight excluding hydrogens is 443 g/mol. The van der Waals surface area contributed by atoms with Crippen molar-refractivity contribution in [2.45, 2.75) is 0 Å². The van der Waals surface area contributed by atoms with Gasteiger partial charge in [-0.15, -0.1) is 0 Å². The number of para-hydroxylation sites is 2. The second-order valence-electron chi connectivity index (χ2n) is 6.44. The molecule has 5 aromatic rings. The number of aromatic nitrogens is 4. The number of hydrogen-bond acceptors (Lipinski definition) is 7. The number of thiazole rings is 1. The number of halogens is 2. The summed E-state index contributed by atoms with van der Waals surface area (Å²) in [5.74, 6) is -0.528. The van der Waals surface area contributed by atoms with Crippen LogP contribution in [0.5, 0.6) is 17.4 Å². The normalized spacial score (nSPS) is 12.0. The summed E-state index contributed by atoms with van der Waals surface area (Å²) in [6, 6.07) is 12.5. The Balaban J connectivity index is 1.60. The Morgan fingerprint density at radius 1 is 1.16 bits per heavy atom. The first-order valence-electron chi connectivity index (χ1n) is 8.99. The lowest BCUT2D eigenvalue weighted by Crippen LogP contribution is -2.22. The predicted molar refractivity (Wildman–Crippen MR) is 116 cm³/mol. The Hall–Kier alpha value is -3.56. The molecule has 154 valence electrons. The summed E-state index contributed by atoms with van der Waals surface area (Å²) in [4.78, 5) is 25.4. The lowest BCUT2D eigenvalue weighted by atomic mass is 10.2. The van der Waals surface area contributed by atoms with Crippen LogP contribution in [0.25, 0.3) is 22.1 Å². The quantitative estimate of drug-likeness (QED) is 0.384. The molecule has 3 heterocycles. The van der Waals surface area contributed by atoms with Gasteiger partial charge < -0.3 is 9.47 Å². The molecule has 10 heteroatoms. The standard InChI is InChI=1S/C21H12ClFN4O3S/c1-29-15-7-6-11(8-16(15)30-18-12(23)10-24-20(22)26-18)9-17-19(28)27-14-5-3-2-4-13(14)25-21(27)31-17/h2-10H,1H3/b17-9+. The van der Waals surface area contributed by atoms with E-state index in [1.807, 2.05) is 24.3 Å². The summed E-state index contributed by atoms with van der Waals surface area (Å²) < 4.78 is 26.9. The molecule has 0 amide bonds. The SMILES string of the molecule is COc1ccc(/C=c2/sc3nc4ccccc4n3c2=O)cc1Oc1nc(Cl)ncc1F. The van der Waals surface area contributed by atoms with Crippen molar-refractivity contribution in [2.24, 2.45) is 0 Å². The number of nitrogens with zero attached hydrogens (tertiary/aromatic N) is 4. The summed E-state index contributed by atoms with van der Waals surface area (Å²) in [5, 5.41) is -0.150. The molecule has 0 aliphatic rings. The van der Waals surface area contributed by atoms with E-state index in [-0.39, 0.29) is 22.5 Å². The van der Waals surface area contributed by atoms with Crippen molar-refractivity contribution in [3.05, 3.63) is 80.2 Å². The molecule has 0 saturated carbocycles. The third-order valence-electron chi connectivity index (χ3n) is 4.52. The molecule has 31 heavy (non-hydrogen) atoms. The van der Waals surface area contributed by atoms with E-state index in [0.29, 0.717) is 20.8 Å². The number of benzene rings is 2. The van der Waals surface area contributed by atoms with Gasteiger partial charge in [0, 0.05) is 0 Å². The zero-order valence-electron chi connectivity index (χ0n) is 15.9. The van der Waals surface area contributed by atoms with Gasteiger partial charge in [-0.05, 0) is 47.5 Å². The van der Waals surface area contributed by atoms with Crippen LogP contribution in [0.2, 0.25) is 5.28 Å². The fraction of sp³-hybridized carbons (Fsp3) is 0.0476. The average Bonchev–Trinajstić information content (AvgIpc) is 3.27. The summed E-state index contributed by atoms with van der Waals surface area (Å²) in [5.41, 5.74) is 2.01. The summed E-state index contributed by atoms with van der Waals surface area (Å²) in [6.07, 6.45) is 2.63. The molecule has 0 saturated heterocycles. The van der Waals surface area contributed by atoms with E-state index in [1.54, 1.807) is 28.7 Å². The maximum absolute atomic E-state index is 14.0. The monoisotopic (exact) mass is 454 g/mol. The first kappa shape index (κ1) is 19.4. The first-order chi connectivity index (χ1) is 15.0. The number of fused-ring (bicyclic) bond motifs is 3. The summed E-state index contributed by atoms with van der Waals surface area (Å²) in [6.45, 7) is 0. The zero-order valence-corrected chi connectivity index (χ0v) is 17.4. The summed E-state index contributed by atoms with van der Waals surface area (Å²) in [7, 11) is 1.46. The van der Waals surface area contributed by atoms with E-state index in [4.69, 9.17) is 21.1 Å². The molecule has 0 unspecified atom stereocenters. The van der Waals surface area contributed by atoms with Crippen LogP contribution in [-0.2, 0) is 0 Å². The van der Waals surface area contributed by atoms with Crippen LogP contribution >= 0.6 is 22.9 Å². The van der Waals surface area contributed by atoms with Gasteiger partial charge in [-0.3, -0.25) is 4.79 Å². The summed E-state index contributed by atoms with van der Waals surface area (Å²) >= 11 is 7.02. The van der Waals surface area contributed by atoms with Gasteiger partial charge >= 0.3 is 0 Å². The van der Waals surface area contributed by atoms with Crippen molar-refractivity contribution < 1.29 is 13.9 Å². The lowest BCUT2D eigenvalue weighted by Gasteiger charge is -2.10. The fourth-order valence-electron chi connectivity index (χ4n) is 3.13. The maximum Gasteiger partial charge on any atom is 0.274 e. The van der Waals surface area contributed by atoms with Gasteiger partial charge in [0.25, 0.3) is 11.4 Å². The average molecular weight is 455 g/mol. The maximum atomic E-state index is 14.0. The molecule has 0 spiro atoms. The minimum Gasteiger partial charge on any atom is -0.493 e. The van der Waals surface area contributed by atoms with Gasteiger partial charge in [0.05, 0.1) is 28.9 Å². The van der Waals surface area contributed by atoms with Gasteiger partial charge in [-0.25, -0.2) is 14.4 Å². The van der Waals surface area contributed by atoms with Crippen molar-refractivity contribution in [3.8, 4) is 17.4 Å². The van der Waals surface area contributed by atoms with Crippen molar-refractivity contribution >= 4 is 45.0 Å². The predicted octanol–water partition coefficient (Wildman–Crippen LogP) is 3.84. The van der Waals surface area contributed by atoms with E-state index in [2.05, 4.69) is 15.0 Å². The van der Waals surface area contributed by atoms with E-state index < -0.39 is 5.82 Å². The zero-order chi connectivity index (χ0) is 21.5. The highest BCUT2D eigenvalue weighted by molar-refractivity contribution is 7.15. The molecule has 0 N–H and O–H groups in total. The highest BCUT2D eigenvalue weighted by atomic mass is 35.5. The minimum absolute atomic E-state index is 0.150. The molecule has 2 aromatic carbocycles. The van der Waals surface area contributed by atoms with Crippen molar-refractivity contribution in [2.75, 3.05) is 7.11 Å². The highest BCUT2D eigenvalue weighted by Crippen LogP contribution is 2.33. The lowest BCUT2D eigenvalue weighted by molar-refractivity contribution is 0.363. The van der Waals surface area contributed by atoms with Crippen LogP contribution in [0.15, 0.2) is 53.5 Å². The van der Waals surface area contributed by atoms with E-state index >= 15 is 0 Å². The molecule has 5 rings (SSSR count).